The molecule has 37 heavy (non-hydrogen) atoms. The number of nitrogens with zero attached hydrogens (tertiary/aromatic N) is 1. The number of thioether (sulfide) groups is 2. The molecule has 2 amide bonds. The van der Waals surface area contributed by atoms with Crippen LogP contribution in [0.25, 0.3) is 0 Å². The lowest BCUT2D eigenvalue weighted by Gasteiger charge is -2.30. The van der Waals surface area contributed by atoms with E-state index in [0.29, 0.717) is 11.4 Å². The summed E-state index contributed by atoms with van der Waals surface area (Å²) in [5, 5.41) is 25.1. The van der Waals surface area contributed by atoms with Crippen LogP contribution in [0.4, 0.5) is 4.79 Å². The van der Waals surface area contributed by atoms with Crippen molar-refractivity contribution in [3.8, 4) is 0 Å². The zero-order valence-corrected chi connectivity index (χ0v) is 23.6. The Bertz CT molecular complexity index is 1050. The van der Waals surface area contributed by atoms with E-state index in [0.717, 1.165) is 29.1 Å². The molecule has 2 heterocycles. The summed E-state index contributed by atoms with van der Waals surface area (Å²) in [7, 11) is -3.86. The fourth-order valence-corrected chi connectivity index (χ4v) is 7.15. The number of carbonyl (C=O) groups is 2. The molecule has 1 unspecified atom stereocenters. The molecule has 0 radical (unpaired) electrons. The standard InChI is InChI=1S/C24H34N3O7PS2/c1-16-10-11-27(23(31)26-16)21-20(29)19(28)18(37-21)15-34-35(32,25-14-17-8-6-5-7-9-17)33-12-13-36-22(30)24(2,3)4/h5-11,18-21,28-29H,1,12-15H2,2-4H3,(H,25,32)(H,26,31)/t18-,19-,20-,21-,35?/m1/s1. The Labute approximate surface area is 225 Å². The molecule has 1 aromatic rings. The van der Waals surface area contributed by atoms with E-state index in [1.165, 1.54) is 11.1 Å². The molecule has 10 nitrogen and oxygen atoms in total. The van der Waals surface area contributed by atoms with Gasteiger partial charge in [0.1, 0.15) is 11.5 Å². The highest BCUT2D eigenvalue weighted by atomic mass is 32.2. The third-order valence-electron chi connectivity index (χ3n) is 5.47. The van der Waals surface area contributed by atoms with Gasteiger partial charge in [-0.25, -0.2) is 14.4 Å². The third-order valence-corrected chi connectivity index (χ3v) is 9.82. The number of aliphatic hydroxyl groups excluding tert-OH is 2. The van der Waals surface area contributed by atoms with E-state index < -0.39 is 42.0 Å². The van der Waals surface area contributed by atoms with Gasteiger partial charge in [0.25, 0.3) is 0 Å². The minimum atomic E-state index is -3.86. The summed E-state index contributed by atoms with van der Waals surface area (Å²) < 4.78 is 24.8. The van der Waals surface area contributed by atoms with Crippen LogP contribution in [0.5, 0.6) is 0 Å². The summed E-state index contributed by atoms with van der Waals surface area (Å²) in [5.74, 6) is 0.291. The van der Waals surface area contributed by atoms with E-state index >= 15 is 0 Å². The average molecular weight is 572 g/mol. The molecule has 1 saturated heterocycles. The first kappa shape index (κ1) is 29.9. The number of nitrogens with one attached hydrogen (secondary N) is 2. The van der Waals surface area contributed by atoms with Crippen molar-refractivity contribution >= 4 is 42.4 Å². The van der Waals surface area contributed by atoms with Crippen LogP contribution < -0.4 is 10.4 Å². The summed E-state index contributed by atoms with van der Waals surface area (Å²) in [6.45, 7) is 9.14. The van der Waals surface area contributed by atoms with Crippen molar-refractivity contribution in [2.24, 2.45) is 5.41 Å². The first-order valence-corrected chi connectivity index (χ1v) is 15.2. The second kappa shape index (κ2) is 12.9. The lowest BCUT2D eigenvalue weighted by molar-refractivity contribution is -0.117. The van der Waals surface area contributed by atoms with Crippen LogP contribution in [-0.4, -0.2) is 68.1 Å². The molecular formula is C24H34N3O7PS2. The molecule has 1 fully saturated rings. The normalized spacial score (nSPS) is 25.7. The number of aliphatic hydroxyl groups is 2. The zero-order chi connectivity index (χ0) is 27.2. The molecule has 0 spiro atoms. The van der Waals surface area contributed by atoms with Gasteiger partial charge in [0.05, 0.1) is 24.6 Å². The number of hydrogen-bond acceptors (Lipinski definition) is 9. The van der Waals surface area contributed by atoms with E-state index in [1.807, 2.05) is 51.1 Å². The maximum atomic E-state index is 13.5. The Hall–Kier alpha value is -1.63. The van der Waals surface area contributed by atoms with E-state index in [2.05, 4.69) is 17.0 Å². The predicted octanol–water partition coefficient (Wildman–Crippen LogP) is 3.44. The summed E-state index contributed by atoms with van der Waals surface area (Å²) in [6.07, 6.45) is 0.592. The predicted molar refractivity (Wildman–Crippen MR) is 146 cm³/mol. The SMILES string of the molecule is C=C1C=CN([C@@H]2S[C@H](COP(=O)(NCc3ccccc3)OCCSC(=O)C(C)(C)C)[C@@H](O)[C@H]2O)C(=O)N1. The van der Waals surface area contributed by atoms with Gasteiger partial charge in [0.15, 0.2) is 5.12 Å². The van der Waals surface area contributed by atoms with E-state index in [4.69, 9.17) is 9.05 Å². The summed E-state index contributed by atoms with van der Waals surface area (Å²) in [6, 6.07) is 8.82. The van der Waals surface area contributed by atoms with Crippen molar-refractivity contribution in [2.75, 3.05) is 19.0 Å². The summed E-state index contributed by atoms with van der Waals surface area (Å²) in [4.78, 5) is 25.8. The quantitative estimate of drug-likeness (QED) is 0.231. The van der Waals surface area contributed by atoms with Crippen LogP contribution in [0, 0.1) is 5.41 Å². The molecule has 13 heteroatoms. The largest absolute Gasteiger partial charge is 0.405 e. The van der Waals surface area contributed by atoms with Gasteiger partial charge < -0.3 is 15.5 Å². The molecule has 0 saturated carbocycles. The fraction of sp³-hybridized carbons (Fsp3) is 0.500. The van der Waals surface area contributed by atoms with Crippen LogP contribution in [0.2, 0.25) is 0 Å². The number of carbonyl (C=O) groups excluding carboxylic acids is 2. The zero-order valence-electron chi connectivity index (χ0n) is 21.0. The van der Waals surface area contributed by atoms with Crippen molar-refractivity contribution in [1.82, 2.24) is 15.3 Å². The minimum absolute atomic E-state index is 0.000201. The summed E-state index contributed by atoms with van der Waals surface area (Å²) in [5.41, 5.74) is 0.781. The molecule has 4 N–H and O–H groups in total. The number of urea groups is 1. The first-order valence-electron chi connectivity index (χ1n) is 11.7. The van der Waals surface area contributed by atoms with Crippen molar-refractivity contribution in [2.45, 2.75) is 50.1 Å². The van der Waals surface area contributed by atoms with Crippen LogP contribution in [0.15, 0.2) is 54.9 Å². The average Bonchev–Trinajstić information content (AvgIpc) is 3.13. The maximum absolute atomic E-state index is 13.5. The van der Waals surface area contributed by atoms with E-state index in [-0.39, 0.29) is 24.9 Å². The monoisotopic (exact) mass is 571 g/mol. The van der Waals surface area contributed by atoms with Gasteiger partial charge in [0, 0.05) is 29.6 Å². The molecule has 1 aromatic carbocycles. The van der Waals surface area contributed by atoms with Crippen molar-refractivity contribution in [1.29, 1.82) is 0 Å². The first-order chi connectivity index (χ1) is 17.4. The molecule has 0 bridgehead atoms. The molecule has 0 aromatic heterocycles. The summed E-state index contributed by atoms with van der Waals surface area (Å²) >= 11 is 2.23. The Morgan fingerprint density at radius 3 is 2.59 bits per heavy atom. The highest BCUT2D eigenvalue weighted by Crippen LogP contribution is 2.47. The number of amides is 2. The van der Waals surface area contributed by atoms with Crippen LogP contribution in [0.1, 0.15) is 26.3 Å². The molecule has 3 rings (SSSR count). The molecule has 2 aliphatic heterocycles. The van der Waals surface area contributed by atoms with Crippen molar-refractivity contribution in [3.05, 3.63) is 60.4 Å². The van der Waals surface area contributed by atoms with Gasteiger partial charge in [-0.1, -0.05) is 69.4 Å². The van der Waals surface area contributed by atoms with E-state index in [1.54, 1.807) is 6.08 Å². The van der Waals surface area contributed by atoms with Crippen molar-refractivity contribution in [3.63, 3.8) is 0 Å². The highest BCUT2D eigenvalue weighted by Gasteiger charge is 2.47. The Morgan fingerprint density at radius 2 is 1.95 bits per heavy atom. The Morgan fingerprint density at radius 1 is 1.24 bits per heavy atom. The van der Waals surface area contributed by atoms with Gasteiger partial charge in [-0.05, 0) is 11.6 Å². The fourth-order valence-electron chi connectivity index (χ4n) is 3.37. The highest BCUT2D eigenvalue weighted by molar-refractivity contribution is 8.13. The smallest absolute Gasteiger partial charge is 0.389 e. The van der Waals surface area contributed by atoms with E-state index in [9.17, 15) is 24.4 Å². The Kier molecular flexibility index (Phi) is 10.5. The van der Waals surface area contributed by atoms with Gasteiger partial charge >= 0.3 is 13.8 Å². The number of hydrogen-bond donors (Lipinski definition) is 4. The van der Waals surface area contributed by atoms with Crippen LogP contribution >= 0.6 is 31.3 Å². The van der Waals surface area contributed by atoms with Crippen LogP contribution in [-0.2, 0) is 25.0 Å². The van der Waals surface area contributed by atoms with Gasteiger partial charge in [-0.15, -0.1) is 11.8 Å². The number of benzene rings is 1. The number of rotatable bonds is 11. The second-order valence-corrected chi connectivity index (χ2v) is 13.8. The Balaban J connectivity index is 1.62. The molecular weight excluding hydrogens is 537 g/mol. The molecule has 204 valence electrons. The molecule has 2 aliphatic rings. The van der Waals surface area contributed by atoms with Crippen LogP contribution in [0.3, 0.4) is 0 Å². The van der Waals surface area contributed by atoms with Gasteiger partial charge in [-0.3, -0.25) is 18.7 Å². The topological polar surface area (TPSA) is 137 Å². The van der Waals surface area contributed by atoms with Gasteiger partial charge in [-0.2, -0.15) is 0 Å². The lowest BCUT2D eigenvalue weighted by atomic mass is 10.00. The second-order valence-electron chi connectivity index (χ2n) is 9.56. The molecule has 5 atom stereocenters. The lowest BCUT2D eigenvalue weighted by Crippen LogP contribution is -2.48. The third kappa shape index (κ3) is 8.43. The maximum Gasteiger partial charge on any atom is 0.405 e. The van der Waals surface area contributed by atoms with Crippen molar-refractivity contribution < 1.29 is 33.4 Å². The number of allylic oxidation sites excluding steroid dienone is 1. The minimum Gasteiger partial charge on any atom is -0.389 e. The van der Waals surface area contributed by atoms with Gasteiger partial charge in [0.2, 0.25) is 0 Å². The molecule has 0 aliphatic carbocycles.